The zero-order valence-corrected chi connectivity index (χ0v) is 19.5. The van der Waals surface area contributed by atoms with Crippen molar-refractivity contribution in [3.63, 3.8) is 0 Å². The molecule has 0 spiro atoms. The molecule has 0 aliphatic heterocycles. The number of rotatable bonds is 7. The highest BCUT2D eigenvalue weighted by atomic mass is 32.1. The van der Waals surface area contributed by atoms with E-state index >= 15 is 0 Å². The summed E-state index contributed by atoms with van der Waals surface area (Å²) in [5.41, 5.74) is 4.16. The van der Waals surface area contributed by atoms with Crippen LogP contribution in [0.15, 0.2) is 76.8 Å². The van der Waals surface area contributed by atoms with Crippen LogP contribution in [0.4, 0.5) is 5.69 Å². The molecule has 0 saturated heterocycles. The van der Waals surface area contributed by atoms with Crippen molar-refractivity contribution in [1.82, 2.24) is 9.88 Å². The van der Waals surface area contributed by atoms with Gasteiger partial charge in [-0.15, -0.1) is 11.3 Å². The van der Waals surface area contributed by atoms with Gasteiger partial charge in [0.25, 0.3) is 5.91 Å². The number of nitrogens with one attached hydrogen (secondary N) is 1. The van der Waals surface area contributed by atoms with E-state index in [0.717, 1.165) is 21.7 Å². The summed E-state index contributed by atoms with van der Waals surface area (Å²) in [6, 6.07) is 19.3. The monoisotopic (exact) mass is 461 g/mol. The molecule has 2 amide bonds. The molecule has 0 saturated carbocycles. The number of carbonyl (C=O) groups excluding carboxylic acids is 2. The summed E-state index contributed by atoms with van der Waals surface area (Å²) in [4.78, 5) is 31.5. The van der Waals surface area contributed by atoms with E-state index in [0.29, 0.717) is 17.9 Å². The van der Waals surface area contributed by atoms with E-state index in [1.165, 1.54) is 18.3 Å². The smallest absolute Gasteiger partial charge is 0.274 e. The van der Waals surface area contributed by atoms with Crippen molar-refractivity contribution in [2.45, 2.75) is 26.4 Å². The molecule has 32 heavy (non-hydrogen) atoms. The van der Waals surface area contributed by atoms with Crippen molar-refractivity contribution in [2.75, 3.05) is 5.32 Å². The number of carbonyl (C=O) groups is 2. The summed E-state index contributed by atoms with van der Waals surface area (Å²) >= 11 is 3.09. The Labute approximate surface area is 195 Å². The van der Waals surface area contributed by atoms with Crippen LogP contribution in [0, 0.1) is 0 Å². The molecule has 2 aromatic carbocycles. The number of hydrogen-bond acceptors (Lipinski definition) is 5. The Hall–Kier alpha value is -3.29. The number of benzene rings is 2. The molecule has 0 bridgehead atoms. The Morgan fingerprint density at radius 1 is 1.06 bits per heavy atom. The standard InChI is InChI=1S/C25H23N3O2S2/c1-17(20-9-6-10-22(13-20)26-18(2)29)28(14-19-7-4-3-5-8-19)25(30)23-16-32-24(27-23)21-11-12-31-15-21/h3-13,15-17H,14H2,1-2H3,(H,26,29)/t17-/m1/s1. The Morgan fingerprint density at radius 3 is 2.59 bits per heavy atom. The van der Waals surface area contributed by atoms with E-state index in [1.54, 1.807) is 11.3 Å². The highest BCUT2D eigenvalue weighted by Gasteiger charge is 2.25. The first-order valence-electron chi connectivity index (χ1n) is 10.2. The minimum absolute atomic E-state index is 0.121. The van der Waals surface area contributed by atoms with Gasteiger partial charge in [-0.1, -0.05) is 42.5 Å². The summed E-state index contributed by atoms with van der Waals surface area (Å²) < 4.78 is 0. The van der Waals surface area contributed by atoms with Gasteiger partial charge in [0.15, 0.2) is 0 Å². The first-order chi connectivity index (χ1) is 15.5. The van der Waals surface area contributed by atoms with E-state index in [9.17, 15) is 9.59 Å². The molecule has 0 unspecified atom stereocenters. The van der Waals surface area contributed by atoms with E-state index in [-0.39, 0.29) is 17.9 Å². The van der Waals surface area contributed by atoms with Crippen LogP contribution in [-0.4, -0.2) is 21.7 Å². The van der Waals surface area contributed by atoms with Gasteiger partial charge < -0.3 is 10.2 Å². The lowest BCUT2D eigenvalue weighted by molar-refractivity contribution is -0.114. The Morgan fingerprint density at radius 2 is 1.88 bits per heavy atom. The Bertz CT molecular complexity index is 1200. The second-order valence-electron chi connectivity index (χ2n) is 7.45. The molecule has 0 aliphatic carbocycles. The Balaban J connectivity index is 1.65. The topological polar surface area (TPSA) is 62.3 Å². The van der Waals surface area contributed by atoms with Crippen molar-refractivity contribution in [1.29, 1.82) is 0 Å². The summed E-state index contributed by atoms with van der Waals surface area (Å²) in [5, 5.41) is 9.52. The summed E-state index contributed by atoms with van der Waals surface area (Å²) in [6.45, 7) is 3.94. The second-order valence-corrected chi connectivity index (χ2v) is 9.09. The normalized spacial score (nSPS) is 11.7. The van der Waals surface area contributed by atoms with Crippen LogP contribution >= 0.6 is 22.7 Å². The van der Waals surface area contributed by atoms with Gasteiger partial charge in [-0.25, -0.2) is 4.98 Å². The van der Waals surface area contributed by atoms with Gasteiger partial charge in [0, 0.05) is 35.5 Å². The largest absolute Gasteiger partial charge is 0.326 e. The predicted octanol–water partition coefficient (Wildman–Crippen LogP) is 6.23. The number of amides is 2. The second kappa shape index (κ2) is 9.89. The SMILES string of the molecule is CC(=O)Nc1cccc([C@@H](C)N(Cc2ccccc2)C(=O)c2csc(-c3ccsc3)n2)c1. The first-order valence-corrected chi connectivity index (χ1v) is 12.0. The molecule has 0 aliphatic rings. The van der Waals surface area contributed by atoms with Crippen LogP contribution in [0.5, 0.6) is 0 Å². The molecule has 162 valence electrons. The van der Waals surface area contributed by atoms with Gasteiger partial charge in [0.1, 0.15) is 10.7 Å². The quantitative estimate of drug-likeness (QED) is 0.355. The van der Waals surface area contributed by atoms with E-state index < -0.39 is 0 Å². The molecule has 7 heteroatoms. The third-order valence-electron chi connectivity index (χ3n) is 5.10. The highest BCUT2D eigenvalue weighted by molar-refractivity contribution is 7.14. The molecule has 1 atom stereocenters. The fourth-order valence-electron chi connectivity index (χ4n) is 3.46. The number of thiazole rings is 1. The molecule has 0 radical (unpaired) electrons. The van der Waals surface area contributed by atoms with E-state index in [1.807, 2.05) is 88.6 Å². The van der Waals surface area contributed by atoms with E-state index in [2.05, 4.69) is 10.3 Å². The molecule has 4 aromatic rings. The zero-order chi connectivity index (χ0) is 22.5. The third-order valence-corrected chi connectivity index (χ3v) is 6.68. The van der Waals surface area contributed by atoms with Gasteiger partial charge in [-0.05, 0) is 41.6 Å². The fourth-order valence-corrected chi connectivity index (χ4v) is 4.97. The number of anilines is 1. The Kier molecular flexibility index (Phi) is 6.78. The molecule has 5 nitrogen and oxygen atoms in total. The number of nitrogens with zero attached hydrogens (tertiary/aromatic N) is 2. The van der Waals surface area contributed by atoms with E-state index in [4.69, 9.17) is 0 Å². The summed E-state index contributed by atoms with van der Waals surface area (Å²) in [6.07, 6.45) is 0. The van der Waals surface area contributed by atoms with Crippen molar-refractivity contribution >= 4 is 40.2 Å². The molecule has 2 aromatic heterocycles. The minimum atomic E-state index is -0.220. The molecular formula is C25H23N3O2S2. The molecule has 2 heterocycles. The molecular weight excluding hydrogens is 438 g/mol. The summed E-state index contributed by atoms with van der Waals surface area (Å²) in [5.74, 6) is -0.250. The van der Waals surface area contributed by atoms with Gasteiger partial charge in [-0.2, -0.15) is 11.3 Å². The molecule has 0 fully saturated rings. The summed E-state index contributed by atoms with van der Waals surface area (Å²) in [7, 11) is 0. The maximum atomic E-state index is 13.6. The minimum Gasteiger partial charge on any atom is -0.326 e. The molecule has 4 rings (SSSR count). The van der Waals surface area contributed by atoms with Crippen LogP contribution in [-0.2, 0) is 11.3 Å². The van der Waals surface area contributed by atoms with Gasteiger partial charge in [-0.3, -0.25) is 9.59 Å². The number of aromatic nitrogens is 1. The van der Waals surface area contributed by atoms with Crippen LogP contribution in [0.1, 0.15) is 41.5 Å². The molecule has 1 N–H and O–H groups in total. The predicted molar refractivity (Wildman–Crippen MR) is 131 cm³/mol. The lowest BCUT2D eigenvalue weighted by Gasteiger charge is -2.29. The lowest BCUT2D eigenvalue weighted by Crippen LogP contribution is -2.33. The maximum absolute atomic E-state index is 13.6. The fraction of sp³-hybridized carbons (Fsp3) is 0.160. The van der Waals surface area contributed by atoms with Gasteiger partial charge in [0.2, 0.25) is 5.91 Å². The average Bonchev–Trinajstić information content (AvgIpc) is 3.49. The van der Waals surface area contributed by atoms with Crippen LogP contribution in [0.25, 0.3) is 10.6 Å². The van der Waals surface area contributed by atoms with Crippen LogP contribution in [0.2, 0.25) is 0 Å². The van der Waals surface area contributed by atoms with Gasteiger partial charge >= 0.3 is 0 Å². The zero-order valence-electron chi connectivity index (χ0n) is 17.8. The number of hydrogen-bond donors (Lipinski definition) is 1. The van der Waals surface area contributed by atoms with Crippen molar-refractivity contribution in [3.05, 3.63) is 93.6 Å². The third kappa shape index (κ3) is 5.12. The highest BCUT2D eigenvalue weighted by Crippen LogP contribution is 2.30. The van der Waals surface area contributed by atoms with Crippen LogP contribution < -0.4 is 5.32 Å². The van der Waals surface area contributed by atoms with Crippen LogP contribution in [0.3, 0.4) is 0 Å². The maximum Gasteiger partial charge on any atom is 0.274 e. The average molecular weight is 462 g/mol. The number of thiophene rings is 1. The van der Waals surface area contributed by atoms with Crippen molar-refractivity contribution < 1.29 is 9.59 Å². The van der Waals surface area contributed by atoms with Gasteiger partial charge in [0.05, 0.1) is 6.04 Å². The van der Waals surface area contributed by atoms with Crippen molar-refractivity contribution in [3.8, 4) is 10.6 Å². The lowest BCUT2D eigenvalue weighted by atomic mass is 10.0. The van der Waals surface area contributed by atoms with Crippen molar-refractivity contribution in [2.24, 2.45) is 0 Å². The first kappa shape index (κ1) is 21.9.